The molecule has 1 atom stereocenters. The summed E-state index contributed by atoms with van der Waals surface area (Å²) in [6.45, 7) is 1.82. The summed E-state index contributed by atoms with van der Waals surface area (Å²) < 4.78 is 0.812. The summed E-state index contributed by atoms with van der Waals surface area (Å²) in [7, 11) is 0. The number of carbonyl (C=O) groups is 1. The minimum Gasteiger partial charge on any atom is -0.345 e. The van der Waals surface area contributed by atoms with E-state index in [1.807, 2.05) is 13.0 Å². The SMILES string of the molecule is CC(NC(=O)c1cccc([N+](=O)[O-])c1Br)c1ccc(Cl)s1. The molecule has 0 aliphatic rings. The van der Waals surface area contributed by atoms with Gasteiger partial charge in [0.15, 0.2) is 0 Å². The molecule has 0 bridgehead atoms. The maximum atomic E-state index is 12.2. The molecule has 110 valence electrons. The molecule has 1 unspecified atom stereocenters. The number of halogens is 2. The first-order valence-electron chi connectivity index (χ1n) is 5.89. The van der Waals surface area contributed by atoms with Crippen molar-refractivity contribution in [1.29, 1.82) is 0 Å². The fourth-order valence-electron chi connectivity index (χ4n) is 1.74. The maximum absolute atomic E-state index is 12.2. The lowest BCUT2D eigenvalue weighted by Gasteiger charge is -2.13. The Morgan fingerprint density at radius 1 is 1.43 bits per heavy atom. The van der Waals surface area contributed by atoms with Crippen molar-refractivity contribution in [3.8, 4) is 0 Å². The molecule has 5 nitrogen and oxygen atoms in total. The number of nitro benzene ring substituents is 1. The molecule has 2 rings (SSSR count). The highest BCUT2D eigenvalue weighted by Crippen LogP contribution is 2.30. The summed E-state index contributed by atoms with van der Waals surface area (Å²) >= 11 is 10.3. The predicted molar refractivity (Wildman–Crippen MR) is 86.0 cm³/mol. The first-order valence-corrected chi connectivity index (χ1v) is 7.88. The maximum Gasteiger partial charge on any atom is 0.284 e. The monoisotopic (exact) mass is 388 g/mol. The van der Waals surface area contributed by atoms with Gasteiger partial charge in [-0.3, -0.25) is 14.9 Å². The van der Waals surface area contributed by atoms with Crippen LogP contribution in [0.1, 0.15) is 28.2 Å². The molecule has 0 aliphatic carbocycles. The molecule has 8 heteroatoms. The molecule has 0 aliphatic heterocycles. The number of hydrogen-bond acceptors (Lipinski definition) is 4. The van der Waals surface area contributed by atoms with Crippen LogP contribution in [-0.2, 0) is 0 Å². The second kappa shape index (κ2) is 6.55. The summed E-state index contributed by atoms with van der Waals surface area (Å²) in [5.74, 6) is -0.386. The first kappa shape index (κ1) is 15.9. The molecular formula is C13H10BrClN2O3S. The second-order valence-corrected chi connectivity index (χ2v) is 6.77. The lowest BCUT2D eigenvalue weighted by Crippen LogP contribution is -2.26. The number of benzene rings is 1. The van der Waals surface area contributed by atoms with Gasteiger partial charge in [-0.25, -0.2) is 0 Å². The Morgan fingerprint density at radius 2 is 2.14 bits per heavy atom. The summed E-state index contributed by atoms with van der Waals surface area (Å²) in [5, 5.41) is 13.7. The molecule has 1 aromatic carbocycles. The van der Waals surface area contributed by atoms with Crippen LogP contribution in [0, 0.1) is 10.1 Å². The Morgan fingerprint density at radius 3 is 2.71 bits per heavy atom. The smallest absolute Gasteiger partial charge is 0.284 e. The number of nitrogens with one attached hydrogen (secondary N) is 1. The van der Waals surface area contributed by atoms with Crippen molar-refractivity contribution < 1.29 is 9.72 Å². The van der Waals surface area contributed by atoms with E-state index in [-0.39, 0.29) is 27.7 Å². The Hall–Kier alpha value is -1.44. The van der Waals surface area contributed by atoms with Crippen LogP contribution in [0.25, 0.3) is 0 Å². The number of rotatable bonds is 4. The summed E-state index contributed by atoms with van der Waals surface area (Å²) in [6.07, 6.45) is 0. The molecular weight excluding hydrogens is 380 g/mol. The van der Waals surface area contributed by atoms with Crippen LogP contribution in [0.2, 0.25) is 4.34 Å². The standard InChI is InChI=1S/C13H10BrClN2O3S/c1-7(10-5-6-11(15)21-10)16-13(18)8-3-2-4-9(12(8)14)17(19)20/h2-7H,1H3,(H,16,18). The van der Waals surface area contributed by atoms with Crippen molar-refractivity contribution in [1.82, 2.24) is 5.32 Å². The number of amides is 1. The summed E-state index contributed by atoms with van der Waals surface area (Å²) in [5.41, 5.74) is 0.0770. The van der Waals surface area contributed by atoms with Gasteiger partial charge in [0.25, 0.3) is 11.6 Å². The average Bonchev–Trinajstić information content (AvgIpc) is 2.85. The molecule has 21 heavy (non-hydrogen) atoms. The van der Waals surface area contributed by atoms with Gasteiger partial charge in [0.05, 0.1) is 20.9 Å². The minimum atomic E-state index is -0.538. The Labute approximate surface area is 138 Å². The van der Waals surface area contributed by atoms with Gasteiger partial charge in [-0.2, -0.15) is 0 Å². The summed E-state index contributed by atoms with van der Waals surface area (Å²) in [4.78, 5) is 23.5. The lowest BCUT2D eigenvalue weighted by atomic mass is 10.1. The highest BCUT2D eigenvalue weighted by molar-refractivity contribution is 9.10. The zero-order chi connectivity index (χ0) is 15.6. The van der Waals surface area contributed by atoms with Crippen molar-refractivity contribution >= 4 is 50.5 Å². The molecule has 1 amide bonds. The van der Waals surface area contributed by atoms with E-state index in [4.69, 9.17) is 11.6 Å². The molecule has 2 aromatic rings. The van der Waals surface area contributed by atoms with Gasteiger partial charge in [0.1, 0.15) is 4.47 Å². The third kappa shape index (κ3) is 3.61. The normalized spacial score (nSPS) is 12.0. The van der Waals surface area contributed by atoms with Crippen molar-refractivity contribution in [2.75, 3.05) is 0 Å². The molecule has 0 spiro atoms. The molecule has 1 heterocycles. The molecule has 0 fully saturated rings. The van der Waals surface area contributed by atoms with Gasteiger partial charge in [0, 0.05) is 10.9 Å². The fourth-order valence-corrected chi connectivity index (χ4v) is 3.40. The van der Waals surface area contributed by atoms with Gasteiger partial charge >= 0.3 is 0 Å². The van der Waals surface area contributed by atoms with Crippen LogP contribution in [0.5, 0.6) is 0 Å². The lowest BCUT2D eigenvalue weighted by molar-refractivity contribution is -0.385. The topological polar surface area (TPSA) is 72.2 Å². The quantitative estimate of drug-likeness (QED) is 0.615. The van der Waals surface area contributed by atoms with Gasteiger partial charge in [-0.05, 0) is 41.1 Å². The van der Waals surface area contributed by atoms with E-state index in [1.54, 1.807) is 6.07 Å². The molecule has 0 saturated carbocycles. The molecule has 1 aromatic heterocycles. The highest BCUT2D eigenvalue weighted by Gasteiger charge is 2.21. The van der Waals surface area contributed by atoms with E-state index in [0.717, 1.165) is 4.88 Å². The van der Waals surface area contributed by atoms with Crippen molar-refractivity contribution in [2.45, 2.75) is 13.0 Å². The van der Waals surface area contributed by atoms with Crippen LogP contribution < -0.4 is 5.32 Å². The second-order valence-electron chi connectivity index (χ2n) is 4.23. The third-order valence-electron chi connectivity index (χ3n) is 2.79. The number of nitro groups is 1. The molecule has 0 saturated heterocycles. The van der Waals surface area contributed by atoms with E-state index in [9.17, 15) is 14.9 Å². The van der Waals surface area contributed by atoms with E-state index in [1.165, 1.54) is 29.5 Å². The number of thiophene rings is 1. The molecule has 0 radical (unpaired) electrons. The van der Waals surface area contributed by atoms with Gasteiger partial charge in [0.2, 0.25) is 0 Å². The van der Waals surface area contributed by atoms with Gasteiger partial charge in [-0.15, -0.1) is 11.3 Å². The van der Waals surface area contributed by atoms with Crippen LogP contribution in [-0.4, -0.2) is 10.8 Å². The Balaban J connectivity index is 2.21. The number of hydrogen-bond donors (Lipinski definition) is 1. The summed E-state index contributed by atoms with van der Waals surface area (Å²) in [6, 6.07) is 7.70. The largest absolute Gasteiger partial charge is 0.345 e. The predicted octanol–water partition coefficient (Wildman–Crippen LogP) is 4.56. The van der Waals surface area contributed by atoms with Crippen molar-refractivity contribution in [3.05, 3.63) is 59.7 Å². The number of nitrogens with zero attached hydrogens (tertiary/aromatic N) is 1. The van der Waals surface area contributed by atoms with Gasteiger partial charge in [-0.1, -0.05) is 17.7 Å². The van der Waals surface area contributed by atoms with Crippen molar-refractivity contribution in [3.63, 3.8) is 0 Å². The Bertz CT molecular complexity index is 704. The van der Waals surface area contributed by atoms with E-state index in [2.05, 4.69) is 21.2 Å². The minimum absolute atomic E-state index is 0.144. The van der Waals surface area contributed by atoms with Crippen LogP contribution in [0.3, 0.4) is 0 Å². The fraction of sp³-hybridized carbons (Fsp3) is 0.154. The van der Waals surface area contributed by atoms with E-state index >= 15 is 0 Å². The van der Waals surface area contributed by atoms with Crippen LogP contribution in [0.15, 0.2) is 34.8 Å². The van der Waals surface area contributed by atoms with Crippen molar-refractivity contribution in [2.24, 2.45) is 0 Å². The third-order valence-corrected chi connectivity index (χ3v) is 5.04. The first-order chi connectivity index (χ1) is 9.90. The van der Waals surface area contributed by atoms with Crippen LogP contribution >= 0.6 is 38.9 Å². The van der Waals surface area contributed by atoms with E-state index in [0.29, 0.717) is 4.34 Å². The average molecular weight is 390 g/mol. The zero-order valence-electron chi connectivity index (χ0n) is 10.8. The molecule has 1 N–H and O–H groups in total. The highest BCUT2D eigenvalue weighted by atomic mass is 79.9. The zero-order valence-corrected chi connectivity index (χ0v) is 14.0. The van der Waals surface area contributed by atoms with E-state index < -0.39 is 4.92 Å². The Kier molecular flexibility index (Phi) is 4.97. The van der Waals surface area contributed by atoms with Crippen LogP contribution in [0.4, 0.5) is 5.69 Å². The number of carbonyl (C=O) groups excluding carboxylic acids is 1. The van der Waals surface area contributed by atoms with Gasteiger partial charge < -0.3 is 5.32 Å².